The van der Waals surface area contributed by atoms with Crippen LogP contribution in [0.3, 0.4) is 0 Å². The minimum atomic E-state index is 0.905. The lowest BCUT2D eigenvalue weighted by Crippen LogP contribution is -1.90. The van der Waals surface area contributed by atoms with E-state index in [-0.39, 0.29) is 0 Å². The summed E-state index contributed by atoms with van der Waals surface area (Å²) < 4.78 is 6.72. The summed E-state index contributed by atoms with van der Waals surface area (Å²) in [5.41, 5.74) is 6.88. The van der Waals surface area contributed by atoms with Crippen molar-refractivity contribution in [3.8, 4) is 33.6 Å². The Hall–Kier alpha value is -5.40. The molecule has 1 heterocycles. The van der Waals surface area contributed by atoms with Gasteiger partial charge in [-0.15, -0.1) is 0 Å². The predicted octanol–water partition coefficient (Wildman–Crippen LogP) is 11.5. The zero-order valence-electron chi connectivity index (χ0n) is 22.3. The van der Waals surface area contributed by atoms with E-state index < -0.39 is 0 Å². The van der Waals surface area contributed by atoms with Crippen molar-refractivity contribution in [2.24, 2.45) is 0 Å². The van der Waals surface area contributed by atoms with Crippen molar-refractivity contribution in [1.82, 2.24) is 0 Å². The highest BCUT2D eigenvalue weighted by Crippen LogP contribution is 2.48. The van der Waals surface area contributed by atoms with Gasteiger partial charge in [-0.2, -0.15) is 0 Å². The molecule has 1 nitrogen and oxygen atoms in total. The van der Waals surface area contributed by atoms with Crippen molar-refractivity contribution in [2.75, 3.05) is 0 Å². The highest BCUT2D eigenvalue weighted by Gasteiger charge is 2.22. The molecule has 0 unspecified atom stereocenters. The standard InChI is InChI=1S/C40H24O/c1-2-9-25(10-3-1)30-21-17-27-19-23-32-33(24-20-28-18-22-31(30)37(27)38(28)32)39-35-14-6-7-16-36(35)41-40(39)34-15-8-12-26-11-4-5-13-29(26)34/h1-24H. The van der Waals surface area contributed by atoms with Gasteiger partial charge in [-0.1, -0.05) is 140 Å². The number of hydrogen-bond donors (Lipinski definition) is 0. The average Bonchev–Trinajstić information content (AvgIpc) is 3.43. The van der Waals surface area contributed by atoms with Crippen LogP contribution >= 0.6 is 0 Å². The molecule has 0 aliphatic carbocycles. The number of benzene rings is 8. The third-order valence-corrected chi connectivity index (χ3v) is 8.65. The van der Waals surface area contributed by atoms with Crippen LogP contribution in [0.4, 0.5) is 0 Å². The summed E-state index contributed by atoms with van der Waals surface area (Å²) in [5, 5.41) is 11.2. The Morgan fingerprint density at radius 2 is 0.951 bits per heavy atom. The smallest absolute Gasteiger partial charge is 0.143 e. The van der Waals surface area contributed by atoms with Gasteiger partial charge in [0.15, 0.2) is 0 Å². The van der Waals surface area contributed by atoms with Crippen molar-refractivity contribution in [1.29, 1.82) is 0 Å². The Balaban J connectivity index is 1.40. The molecular weight excluding hydrogens is 496 g/mol. The molecule has 0 saturated carbocycles. The summed E-state index contributed by atoms with van der Waals surface area (Å²) in [5.74, 6) is 0.919. The molecule has 0 fully saturated rings. The second kappa shape index (κ2) is 8.55. The Kier molecular flexibility index (Phi) is 4.67. The third kappa shape index (κ3) is 3.24. The Morgan fingerprint density at radius 3 is 1.76 bits per heavy atom. The maximum atomic E-state index is 6.72. The Morgan fingerprint density at radius 1 is 0.341 bits per heavy atom. The van der Waals surface area contributed by atoms with E-state index in [1.807, 2.05) is 0 Å². The van der Waals surface area contributed by atoms with Crippen LogP contribution in [0.25, 0.3) is 87.6 Å². The van der Waals surface area contributed by atoms with Crippen molar-refractivity contribution < 1.29 is 4.42 Å². The molecule has 1 aromatic heterocycles. The van der Waals surface area contributed by atoms with Gasteiger partial charge in [0.25, 0.3) is 0 Å². The molecule has 0 aliphatic heterocycles. The largest absolute Gasteiger partial charge is 0.455 e. The van der Waals surface area contributed by atoms with Gasteiger partial charge >= 0.3 is 0 Å². The normalized spacial score (nSPS) is 11.9. The molecular formula is C40H24O. The summed E-state index contributed by atoms with van der Waals surface area (Å²) in [7, 11) is 0. The highest BCUT2D eigenvalue weighted by molar-refractivity contribution is 6.28. The van der Waals surface area contributed by atoms with Gasteiger partial charge in [-0.25, -0.2) is 0 Å². The molecule has 0 atom stereocenters. The van der Waals surface area contributed by atoms with Gasteiger partial charge in [0.05, 0.1) is 0 Å². The molecule has 0 spiro atoms. The summed E-state index contributed by atoms with van der Waals surface area (Å²) >= 11 is 0. The van der Waals surface area contributed by atoms with E-state index in [4.69, 9.17) is 4.42 Å². The molecule has 0 radical (unpaired) electrons. The zero-order chi connectivity index (χ0) is 26.9. The fourth-order valence-electron chi connectivity index (χ4n) is 6.81. The molecule has 0 bridgehead atoms. The van der Waals surface area contributed by atoms with E-state index in [2.05, 4.69) is 146 Å². The maximum absolute atomic E-state index is 6.72. The molecule has 0 N–H and O–H groups in total. The van der Waals surface area contributed by atoms with Crippen LogP contribution in [-0.2, 0) is 0 Å². The fraction of sp³-hybridized carbons (Fsp3) is 0. The van der Waals surface area contributed by atoms with E-state index >= 15 is 0 Å². The van der Waals surface area contributed by atoms with Crippen LogP contribution in [0.2, 0.25) is 0 Å². The highest BCUT2D eigenvalue weighted by atomic mass is 16.3. The van der Waals surface area contributed by atoms with Gasteiger partial charge in [0.1, 0.15) is 11.3 Å². The molecule has 0 amide bonds. The van der Waals surface area contributed by atoms with Crippen LogP contribution in [0.15, 0.2) is 150 Å². The molecule has 0 aliphatic rings. The van der Waals surface area contributed by atoms with Gasteiger partial charge < -0.3 is 4.42 Å². The number of para-hydroxylation sites is 1. The average molecular weight is 521 g/mol. The lowest BCUT2D eigenvalue weighted by Gasteiger charge is -2.17. The molecule has 9 rings (SSSR count). The maximum Gasteiger partial charge on any atom is 0.143 e. The Bertz CT molecular complexity index is 2400. The third-order valence-electron chi connectivity index (χ3n) is 8.65. The lowest BCUT2D eigenvalue weighted by molar-refractivity contribution is 0.633. The minimum absolute atomic E-state index is 0.905. The quantitative estimate of drug-likeness (QED) is 0.211. The second-order valence-corrected chi connectivity index (χ2v) is 10.8. The molecule has 0 saturated heterocycles. The summed E-state index contributed by atoms with van der Waals surface area (Å²) in [6.45, 7) is 0. The van der Waals surface area contributed by atoms with Crippen LogP contribution in [0.5, 0.6) is 0 Å². The Labute approximate surface area is 237 Å². The van der Waals surface area contributed by atoms with Gasteiger partial charge in [-0.05, 0) is 65.8 Å². The van der Waals surface area contributed by atoms with Crippen molar-refractivity contribution in [3.05, 3.63) is 146 Å². The van der Waals surface area contributed by atoms with E-state index in [0.29, 0.717) is 0 Å². The molecule has 1 heteroatoms. The molecule has 41 heavy (non-hydrogen) atoms. The number of fused-ring (bicyclic) bond motifs is 2. The van der Waals surface area contributed by atoms with Crippen LogP contribution in [0.1, 0.15) is 0 Å². The van der Waals surface area contributed by atoms with E-state index in [0.717, 1.165) is 27.9 Å². The van der Waals surface area contributed by atoms with Crippen LogP contribution in [0, 0.1) is 0 Å². The SMILES string of the molecule is c1ccc(-c2ccc3ccc4c(-c5c(-c6cccc7ccccc67)oc6ccccc56)ccc5ccc2c3c54)cc1. The van der Waals surface area contributed by atoms with E-state index in [1.165, 1.54) is 59.8 Å². The second-order valence-electron chi connectivity index (χ2n) is 10.8. The zero-order valence-corrected chi connectivity index (χ0v) is 22.3. The minimum Gasteiger partial charge on any atom is -0.455 e. The van der Waals surface area contributed by atoms with Crippen LogP contribution in [-0.4, -0.2) is 0 Å². The first-order valence-electron chi connectivity index (χ1n) is 14.1. The van der Waals surface area contributed by atoms with Crippen molar-refractivity contribution >= 4 is 54.1 Å². The first kappa shape index (κ1) is 22.4. The molecule has 8 aromatic carbocycles. The fourth-order valence-corrected chi connectivity index (χ4v) is 6.81. The van der Waals surface area contributed by atoms with Gasteiger partial charge in [0.2, 0.25) is 0 Å². The van der Waals surface area contributed by atoms with Crippen LogP contribution < -0.4 is 0 Å². The van der Waals surface area contributed by atoms with Crippen molar-refractivity contribution in [3.63, 3.8) is 0 Å². The number of rotatable bonds is 3. The topological polar surface area (TPSA) is 13.1 Å². The first-order chi connectivity index (χ1) is 20.3. The summed E-state index contributed by atoms with van der Waals surface area (Å²) in [6, 6.07) is 52.4. The molecule has 190 valence electrons. The number of furan rings is 1. The number of hydrogen-bond acceptors (Lipinski definition) is 1. The van der Waals surface area contributed by atoms with E-state index in [9.17, 15) is 0 Å². The lowest BCUT2D eigenvalue weighted by atomic mass is 9.86. The van der Waals surface area contributed by atoms with Gasteiger partial charge in [0, 0.05) is 16.5 Å². The predicted molar refractivity (Wildman–Crippen MR) is 174 cm³/mol. The molecule has 9 aromatic rings. The summed E-state index contributed by atoms with van der Waals surface area (Å²) in [4.78, 5) is 0. The summed E-state index contributed by atoms with van der Waals surface area (Å²) in [6.07, 6.45) is 0. The van der Waals surface area contributed by atoms with Gasteiger partial charge in [-0.3, -0.25) is 0 Å². The van der Waals surface area contributed by atoms with Crippen molar-refractivity contribution in [2.45, 2.75) is 0 Å². The monoisotopic (exact) mass is 520 g/mol. The van der Waals surface area contributed by atoms with E-state index in [1.54, 1.807) is 0 Å². The first-order valence-corrected chi connectivity index (χ1v) is 14.1.